The molecule has 0 radical (unpaired) electrons. The van der Waals surface area contributed by atoms with E-state index in [0.29, 0.717) is 16.9 Å². The summed E-state index contributed by atoms with van der Waals surface area (Å²) in [7, 11) is 0. The lowest BCUT2D eigenvalue weighted by atomic mass is 10.3. The summed E-state index contributed by atoms with van der Waals surface area (Å²) in [5.41, 5.74) is 5.93. The van der Waals surface area contributed by atoms with Gasteiger partial charge in [-0.2, -0.15) is 0 Å². The van der Waals surface area contributed by atoms with Crippen molar-refractivity contribution in [3.8, 4) is 0 Å². The molecule has 0 saturated carbocycles. The van der Waals surface area contributed by atoms with Crippen LogP contribution in [0.15, 0.2) is 17.1 Å². The summed E-state index contributed by atoms with van der Waals surface area (Å²) >= 11 is 7.18. The summed E-state index contributed by atoms with van der Waals surface area (Å²) in [5, 5.41) is 9.98. The molecule has 1 aromatic heterocycles. The molecular weight excluding hydrogens is 286 g/mol. The fourth-order valence-corrected chi connectivity index (χ4v) is 2.94. The number of rotatable bonds is 3. The Kier molecular flexibility index (Phi) is 5.04. The lowest BCUT2D eigenvalue weighted by Gasteiger charge is -2.31. The molecule has 1 aromatic rings. The fraction of sp³-hybridized carbons (Fsp3) is 0.583. The van der Waals surface area contributed by atoms with Crippen LogP contribution in [0.2, 0.25) is 4.34 Å². The molecule has 0 amide bonds. The van der Waals surface area contributed by atoms with Crippen LogP contribution in [0.25, 0.3) is 0 Å². The summed E-state index contributed by atoms with van der Waals surface area (Å²) in [6.45, 7) is 4.37. The van der Waals surface area contributed by atoms with Crippen LogP contribution in [0, 0.1) is 0 Å². The second-order valence-electron chi connectivity index (χ2n) is 4.48. The molecule has 19 heavy (non-hydrogen) atoms. The molecule has 0 aromatic carbocycles. The van der Waals surface area contributed by atoms with Crippen molar-refractivity contribution in [2.75, 3.05) is 26.2 Å². The maximum absolute atomic E-state index is 9.98. The molecule has 2 atom stereocenters. The number of hydrogen-bond donors (Lipinski definition) is 2. The van der Waals surface area contributed by atoms with Crippen molar-refractivity contribution in [1.82, 2.24) is 4.90 Å². The van der Waals surface area contributed by atoms with E-state index in [1.54, 1.807) is 12.1 Å². The maximum atomic E-state index is 9.98. The number of nitrogens with zero attached hydrogens (tertiary/aromatic N) is 2. The average molecular weight is 304 g/mol. The number of thiophene rings is 1. The number of aliphatic imine (C=N–C) groups is 1. The standard InChI is InChI=1S/C12H18ClN3O2S/c1-8-7-16(4-5-18-8)12(14)15-6-9(17)10-2-3-11(13)19-10/h2-3,8-9,17H,4-7H2,1H3,(H2,14,15). The van der Waals surface area contributed by atoms with Gasteiger partial charge in [0.25, 0.3) is 0 Å². The van der Waals surface area contributed by atoms with Gasteiger partial charge in [-0.05, 0) is 19.1 Å². The molecule has 0 spiro atoms. The zero-order valence-electron chi connectivity index (χ0n) is 10.8. The third-order valence-corrected chi connectivity index (χ3v) is 4.25. The first-order chi connectivity index (χ1) is 9.06. The van der Waals surface area contributed by atoms with E-state index < -0.39 is 6.10 Å². The Morgan fingerprint density at radius 3 is 3.16 bits per heavy atom. The zero-order valence-corrected chi connectivity index (χ0v) is 12.3. The Morgan fingerprint density at radius 1 is 1.74 bits per heavy atom. The predicted octanol–water partition coefficient (Wildman–Crippen LogP) is 1.47. The highest BCUT2D eigenvalue weighted by atomic mass is 35.5. The van der Waals surface area contributed by atoms with Gasteiger partial charge in [0.2, 0.25) is 0 Å². The van der Waals surface area contributed by atoms with Crippen LogP contribution in [0.3, 0.4) is 0 Å². The molecule has 0 aliphatic carbocycles. The van der Waals surface area contributed by atoms with E-state index >= 15 is 0 Å². The van der Waals surface area contributed by atoms with Crippen molar-refractivity contribution in [3.05, 3.63) is 21.3 Å². The first kappa shape index (κ1) is 14.6. The SMILES string of the molecule is CC1CN(C(N)=NCC(O)c2ccc(Cl)s2)CCO1. The molecule has 7 heteroatoms. The van der Waals surface area contributed by atoms with Gasteiger partial charge in [-0.15, -0.1) is 11.3 Å². The maximum Gasteiger partial charge on any atom is 0.191 e. The molecule has 106 valence electrons. The minimum atomic E-state index is -0.658. The molecule has 3 N–H and O–H groups in total. The summed E-state index contributed by atoms with van der Waals surface area (Å²) in [6, 6.07) is 3.57. The largest absolute Gasteiger partial charge is 0.386 e. The second kappa shape index (κ2) is 6.56. The highest BCUT2D eigenvalue weighted by Crippen LogP contribution is 2.26. The van der Waals surface area contributed by atoms with Gasteiger partial charge in [0.05, 0.1) is 23.6 Å². The van der Waals surface area contributed by atoms with E-state index in [2.05, 4.69) is 4.99 Å². The van der Waals surface area contributed by atoms with Gasteiger partial charge in [0.15, 0.2) is 5.96 Å². The minimum absolute atomic E-state index is 0.156. The smallest absolute Gasteiger partial charge is 0.191 e. The zero-order chi connectivity index (χ0) is 13.8. The van der Waals surface area contributed by atoms with Gasteiger partial charge in [-0.25, -0.2) is 0 Å². The van der Waals surface area contributed by atoms with Crippen LogP contribution < -0.4 is 5.73 Å². The Hall–Kier alpha value is -0.820. The van der Waals surface area contributed by atoms with Gasteiger partial charge in [0, 0.05) is 18.0 Å². The van der Waals surface area contributed by atoms with Gasteiger partial charge in [0.1, 0.15) is 6.10 Å². The number of ether oxygens (including phenoxy) is 1. The van der Waals surface area contributed by atoms with Crippen LogP contribution in [-0.4, -0.2) is 48.3 Å². The fourth-order valence-electron chi connectivity index (χ4n) is 1.90. The highest BCUT2D eigenvalue weighted by molar-refractivity contribution is 7.16. The van der Waals surface area contributed by atoms with E-state index in [-0.39, 0.29) is 12.6 Å². The molecule has 5 nitrogen and oxygen atoms in total. The van der Waals surface area contributed by atoms with Crippen molar-refractivity contribution >= 4 is 28.9 Å². The van der Waals surface area contributed by atoms with Crippen molar-refractivity contribution in [2.24, 2.45) is 10.7 Å². The van der Waals surface area contributed by atoms with E-state index in [9.17, 15) is 5.11 Å². The number of morpholine rings is 1. The van der Waals surface area contributed by atoms with Crippen LogP contribution in [-0.2, 0) is 4.74 Å². The van der Waals surface area contributed by atoms with E-state index in [1.807, 2.05) is 11.8 Å². The predicted molar refractivity (Wildman–Crippen MR) is 77.8 cm³/mol. The monoisotopic (exact) mass is 303 g/mol. The normalized spacial score (nSPS) is 22.6. The van der Waals surface area contributed by atoms with Crippen molar-refractivity contribution in [3.63, 3.8) is 0 Å². The molecule has 1 fully saturated rings. The Balaban J connectivity index is 1.90. The molecule has 2 rings (SSSR count). The number of halogens is 1. The Bertz CT molecular complexity index is 452. The number of aliphatic hydroxyl groups is 1. The van der Waals surface area contributed by atoms with Crippen LogP contribution in [0.4, 0.5) is 0 Å². The quantitative estimate of drug-likeness (QED) is 0.655. The molecule has 2 unspecified atom stereocenters. The lowest BCUT2D eigenvalue weighted by molar-refractivity contribution is 0.00523. The van der Waals surface area contributed by atoms with Crippen LogP contribution in [0.1, 0.15) is 17.9 Å². The first-order valence-corrected chi connectivity index (χ1v) is 7.35. The van der Waals surface area contributed by atoms with Crippen molar-refractivity contribution < 1.29 is 9.84 Å². The molecule has 2 heterocycles. The topological polar surface area (TPSA) is 71.1 Å². The molecule has 1 saturated heterocycles. The first-order valence-electron chi connectivity index (χ1n) is 6.16. The lowest BCUT2D eigenvalue weighted by Crippen LogP contribution is -2.48. The van der Waals surface area contributed by atoms with E-state index in [4.69, 9.17) is 22.1 Å². The minimum Gasteiger partial charge on any atom is -0.386 e. The number of hydrogen-bond acceptors (Lipinski definition) is 4. The summed E-state index contributed by atoms with van der Waals surface area (Å²) in [4.78, 5) is 7.02. The van der Waals surface area contributed by atoms with E-state index in [1.165, 1.54) is 11.3 Å². The number of nitrogens with two attached hydrogens (primary N) is 1. The Labute approximate surface area is 121 Å². The van der Waals surface area contributed by atoms with E-state index in [0.717, 1.165) is 18.0 Å². The summed E-state index contributed by atoms with van der Waals surface area (Å²) < 4.78 is 6.10. The summed E-state index contributed by atoms with van der Waals surface area (Å²) in [6.07, 6.45) is -0.502. The van der Waals surface area contributed by atoms with Crippen molar-refractivity contribution in [2.45, 2.75) is 19.1 Å². The van der Waals surface area contributed by atoms with Crippen molar-refractivity contribution in [1.29, 1.82) is 0 Å². The third-order valence-electron chi connectivity index (χ3n) is 2.91. The van der Waals surface area contributed by atoms with Gasteiger partial charge < -0.3 is 20.5 Å². The second-order valence-corrected chi connectivity index (χ2v) is 6.23. The van der Waals surface area contributed by atoms with Gasteiger partial charge >= 0.3 is 0 Å². The average Bonchev–Trinajstić information content (AvgIpc) is 2.82. The van der Waals surface area contributed by atoms with Gasteiger partial charge in [-0.3, -0.25) is 4.99 Å². The third kappa shape index (κ3) is 4.07. The highest BCUT2D eigenvalue weighted by Gasteiger charge is 2.18. The molecule has 1 aliphatic rings. The number of guanidine groups is 1. The van der Waals surface area contributed by atoms with Gasteiger partial charge in [-0.1, -0.05) is 11.6 Å². The van der Waals surface area contributed by atoms with Crippen LogP contribution in [0.5, 0.6) is 0 Å². The molecule has 1 aliphatic heterocycles. The van der Waals surface area contributed by atoms with Crippen LogP contribution >= 0.6 is 22.9 Å². The molecular formula is C12H18ClN3O2S. The summed E-state index contributed by atoms with van der Waals surface area (Å²) in [5.74, 6) is 0.455. The molecule has 0 bridgehead atoms. The number of aliphatic hydroxyl groups excluding tert-OH is 1. The Morgan fingerprint density at radius 2 is 2.53 bits per heavy atom.